The first-order valence-electron chi connectivity index (χ1n) is 16.9. The molecule has 21 heteroatoms. The number of ether oxygens (including phenoxy) is 7. The summed E-state index contributed by atoms with van der Waals surface area (Å²) in [7, 11) is 1.25. The molecule has 304 valence electrons. The van der Waals surface area contributed by atoms with Crippen molar-refractivity contribution < 1.29 is 98.9 Å². The molecular formula is C34H42O21. The molecule has 0 amide bonds. The van der Waals surface area contributed by atoms with Crippen molar-refractivity contribution in [1.82, 2.24) is 0 Å². The summed E-state index contributed by atoms with van der Waals surface area (Å²) < 4.78 is 45.3. The number of phenols is 3. The molecule has 15 unspecified atom stereocenters. The van der Waals surface area contributed by atoms with Crippen LogP contribution in [0, 0.1) is 0 Å². The third-order valence-electron chi connectivity index (χ3n) is 9.61. The maximum Gasteiger partial charge on any atom is 0.239 e. The van der Waals surface area contributed by atoms with E-state index in [0.29, 0.717) is 0 Å². The van der Waals surface area contributed by atoms with Crippen LogP contribution in [0.5, 0.6) is 28.7 Å². The molecule has 12 N–H and O–H groups in total. The van der Waals surface area contributed by atoms with Gasteiger partial charge in [-0.1, -0.05) is 0 Å². The largest absolute Gasteiger partial charge is 0.508 e. The molecule has 4 heterocycles. The Hall–Kier alpha value is -3.91. The van der Waals surface area contributed by atoms with E-state index in [-0.39, 0.29) is 22.6 Å². The van der Waals surface area contributed by atoms with E-state index >= 15 is 0 Å². The van der Waals surface area contributed by atoms with Gasteiger partial charge in [0.25, 0.3) is 0 Å². The lowest BCUT2D eigenvalue weighted by molar-refractivity contribution is -0.362. The highest BCUT2D eigenvalue weighted by molar-refractivity contribution is 5.88. The number of aliphatic hydroxyl groups excluding tert-OH is 9. The predicted molar refractivity (Wildman–Crippen MR) is 178 cm³/mol. The Bertz CT molecular complexity index is 1870. The van der Waals surface area contributed by atoms with Gasteiger partial charge in [0.2, 0.25) is 17.5 Å². The number of benzene rings is 2. The minimum Gasteiger partial charge on any atom is -0.508 e. The Kier molecular flexibility index (Phi) is 12.1. The first-order chi connectivity index (χ1) is 26.1. The average Bonchev–Trinajstić information content (AvgIpc) is 3.15. The summed E-state index contributed by atoms with van der Waals surface area (Å²) in [5.41, 5.74) is -1.39. The van der Waals surface area contributed by atoms with Gasteiger partial charge in [-0.2, -0.15) is 0 Å². The van der Waals surface area contributed by atoms with E-state index in [2.05, 4.69) is 0 Å². The maximum atomic E-state index is 14.2. The normalized spacial score (nSPS) is 36.8. The fourth-order valence-corrected chi connectivity index (χ4v) is 6.46. The van der Waals surface area contributed by atoms with Crippen molar-refractivity contribution in [2.45, 2.75) is 99.0 Å². The zero-order chi connectivity index (χ0) is 40.0. The van der Waals surface area contributed by atoms with Gasteiger partial charge in [-0.25, -0.2) is 0 Å². The fraction of sp³-hybridized carbons (Fsp3) is 0.559. The van der Waals surface area contributed by atoms with Gasteiger partial charge in [-0.05, 0) is 25.1 Å². The van der Waals surface area contributed by atoms with Crippen molar-refractivity contribution in [3.05, 3.63) is 40.6 Å². The van der Waals surface area contributed by atoms with Crippen molar-refractivity contribution in [2.75, 3.05) is 20.3 Å². The molecule has 0 spiro atoms. The summed E-state index contributed by atoms with van der Waals surface area (Å²) in [5.74, 6) is -2.77. The van der Waals surface area contributed by atoms with E-state index in [1.807, 2.05) is 0 Å². The minimum absolute atomic E-state index is 0.0208. The van der Waals surface area contributed by atoms with Crippen LogP contribution in [-0.4, -0.2) is 174 Å². The van der Waals surface area contributed by atoms with Gasteiger partial charge in [0, 0.05) is 17.7 Å². The Balaban J connectivity index is 1.41. The van der Waals surface area contributed by atoms with E-state index in [0.717, 1.165) is 12.1 Å². The second-order valence-corrected chi connectivity index (χ2v) is 13.3. The summed E-state index contributed by atoms with van der Waals surface area (Å²) >= 11 is 0. The van der Waals surface area contributed by atoms with E-state index in [4.69, 9.17) is 37.6 Å². The van der Waals surface area contributed by atoms with Gasteiger partial charge < -0.3 is 98.9 Å². The Morgan fingerprint density at radius 3 is 2.05 bits per heavy atom. The molecule has 21 nitrogen and oxygen atoms in total. The minimum atomic E-state index is -2.08. The molecule has 0 bridgehead atoms. The zero-order valence-electron chi connectivity index (χ0n) is 29.0. The Labute approximate surface area is 309 Å². The number of phenolic OH excluding ortho intramolecular Hbond substituents is 3. The molecular weight excluding hydrogens is 744 g/mol. The molecule has 0 aliphatic carbocycles. The highest BCUT2D eigenvalue weighted by Crippen LogP contribution is 2.40. The highest BCUT2D eigenvalue weighted by atomic mass is 16.8. The molecule has 55 heavy (non-hydrogen) atoms. The van der Waals surface area contributed by atoms with E-state index in [1.54, 1.807) is 0 Å². The SMILES string of the molecule is COc1cc(-c2oc3cc(O)cc(O)c3c(=O)c2OC2OC(COC3OC(C)C(O)C(O)C3O)C(O)C(O)C2OC2OC(CO)C(O)C(O)C2O)ccc1O. The molecule has 3 aliphatic heterocycles. The molecule has 3 fully saturated rings. The number of rotatable bonds is 10. The first-order valence-corrected chi connectivity index (χ1v) is 16.9. The van der Waals surface area contributed by atoms with Crippen molar-refractivity contribution >= 4 is 11.0 Å². The Morgan fingerprint density at radius 1 is 0.709 bits per heavy atom. The van der Waals surface area contributed by atoms with Crippen LogP contribution in [0.25, 0.3) is 22.3 Å². The number of hydrogen-bond acceptors (Lipinski definition) is 21. The number of aliphatic hydroxyl groups is 9. The number of aromatic hydroxyl groups is 3. The average molecular weight is 787 g/mol. The van der Waals surface area contributed by atoms with Crippen molar-refractivity contribution in [3.63, 3.8) is 0 Å². The fourth-order valence-electron chi connectivity index (χ4n) is 6.46. The van der Waals surface area contributed by atoms with Crippen LogP contribution in [0.3, 0.4) is 0 Å². The van der Waals surface area contributed by atoms with E-state index in [9.17, 15) is 66.1 Å². The van der Waals surface area contributed by atoms with E-state index < -0.39 is 139 Å². The van der Waals surface area contributed by atoms with Crippen LogP contribution in [0.15, 0.2) is 39.5 Å². The van der Waals surface area contributed by atoms with Crippen LogP contribution in [0.2, 0.25) is 0 Å². The molecule has 3 aliphatic rings. The van der Waals surface area contributed by atoms with Gasteiger partial charge >= 0.3 is 0 Å². The number of methoxy groups -OCH3 is 1. The van der Waals surface area contributed by atoms with E-state index in [1.165, 1.54) is 32.2 Å². The van der Waals surface area contributed by atoms with Crippen molar-refractivity contribution in [1.29, 1.82) is 0 Å². The quantitative estimate of drug-likeness (QED) is 0.0946. The molecule has 6 rings (SSSR count). The maximum absolute atomic E-state index is 14.2. The lowest BCUT2D eigenvalue weighted by Crippen LogP contribution is -2.65. The van der Waals surface area contributed by atoms with Crippen LogP contribution >= 0.6 is 0 Å². The summed E-state index contributed by atoms with van der Waals surface area (Å²) in [5, 5.41) is 125. The third kappa shape index (κ3) is 7.77. The number of fused-ring (bicyclic) bond motifs is 1. The lowest BCUT2D eigenvalue weighted by atomic mass is 9.97. The van der Waals surface area contributed by atoms with Crippen LogP contribution in [0.1, 0.15) is 6.92 Å². The molecule has 3 aromatic rings. The van der Waals surface area contributed by atoms with Crippen LogP contribution in [0.4, 0.5) is 0 Å². The van der Waals surface area contributed by atoms with Crippen LogP contribution in [-0.2, 0) is 23.7 Å². The van der Waals surface area contributed by atoms with Gasteiger partial charge in [0.1, 0.15) is 83.5 Å². The summed E-state index contributed by atoms with van der Waals surface area (Å²) in [6.45, 7) is -0.171. The topological polar surface area (TPSA) is 338 Å². The standard InChI is InChI=1S/C34H42O21/c1-10-20(39)24(43)27(46)32(50-10)49-9-18-22(41)26(45)31(55-33-28(47)25(44)21(40)17(8-35)52-33)34(53-18)54-30-23(42)19-14(38)6-12(36)7-16(19)51-29(30)11-3-4-13(37)15(5-11)48-2/h3-7,10,17-18,20-22,24-28,31-41,43-47H,8-9H2,1-2H3. The Morgan fingerprint density at radius 2 is 1.36 bits per heavy atom. The summed E-state index contributed by atoms with van der Waals surface area (Å²) in [4.78, 5) is 14.2. The van der Waals surface area contributed by atoms with Gasteiger partial charge in [-0.3, -0.25) is 4.79 Å². The molecule has 0 radical (unpaired) electrons. The second-order valence-electron chi connectivity index (χ2n) is 13.3. The molecule has 2 aromatic carbocycles. The van der Waals surface area contributed by atoms with Crippen molar-refractivity contribution in [2.24, 2.45) is 0 Å². The van der Waals surface area contributed by atoms with Crippen molar-refractivity contribution in [3.8, 4) is 40.1 Å². The number of hydrogen-bond donors (Lipinski definition) is 12. The van der Waals surface area contributed by atoms with Crippen LogP contribution < -0.4 is 14.9 Å². The zero-order valence-corrected chi connectivity index (χ0v) is 29.0. The van der Waals surface area contributed by atoms with Gasteiger partial charge in [0.15, 0.2) is 35.9 Å². The molecule has 15 atom stereocenters. The molecule has 1 aromatic heterocycles. The smallest absolute Gasteiger partial charge is 0.239 e. The summed E-state index contributed by atoms with van der Waals surface area (Å²) in [6, 6.07) is 5.60. The predicted octanol–water partition coefficient (Wildman–Crippen LogP) is -3.56. The monoisotopic (exact) mass is 786 g/mol. The lowest BCUT2D eigenvalue weighted by Gasteiger charge is -2.46. The third-order valence-corrected chi connectivity index (χ3v) is 9.61. The molecule has 3 saturated heterocycles. The highest BCUT2D eigenvalue weighted by Gasteiger charge is 2.52. The molecule has 0 saturated carbocycles. The first kappa shape index (κ1) is 40.7. The second kappa shape index (κ2) is 16.3. The summed E-state index contributed by atoms with van der Waals surface area (Å²) in [6.07, 6.45) is -26.4. The van der Waals surface area contributed by atoms with Gasteiger partial charge in [-0.15, -0.1) is 0 Å². The van der Waals surface area contributed by atoms with Gasteiger partial charge in [0.05, 0.1) is 26.4 Å².